The van der Waals surface area contributed by atoms with Crippen molar-refractivity contribution >= 4 is 11.5 Å². The van der Waals surface area contributed by atoms with Crippen LogP contribution in [0.3, 0.4) is 0 Å². The lowest BCUT2D eigenvalue weighted by Crippen LogP contribution is -1.89. The van der Waals surface area contributed by atoms with Crippen molar-refractivity contribution in [3.8, 4) is 11.1 Å². The molecule has 70 valence electrons. The molecule has 0 amide bonds. The van der Waals surface area contributed by atoms with Gasteiger partial charge in [0.25, 0.3) is 0 Å². The second kappa shape index (κ2) is 3.21. The molecule has 1 N–H and O–H groups in total. The average molecular weight is 202 g/mol. The number of fused-ring (bicyclic) bond motifs is 3. The molecule has 1 aliphatic carbocycles. The van der Waals surface area contributed by atoms with E-state index in [-0.39, 0.29) is 0 Å². The van der Waals surface area contributed by atoms with Crippen molar-refractivity contribution in [1.29, 1.82) is 0 Å². The molecule has 0 fully saturated rings. The summed E-state index contributed by atoms with van der Waals surface area (Å²) in [4.78, 5) is 1.51. The third-order valence-corrected chi connectivity index (χ3v) is 3.75. The third kappa shape index (κ3) is 1.18. The number of benzene rings is 1. The Kier molecular flexibility index (Phi) is 1.88. The summed E-state index contributed by atoms with van der Waals surface area (Å²) in [6.45, 7) is 0. The lowest BCUT2D eigenvalue weighted by Gasteiger charge is -2.02. The Morgan fingerprint density at radius 3 is 3.00 bits per heavy atom. The molecule has 1 nitrogen and oxygen atoms in total. The normalized spacial score (nSPS) is 14.3. The molecule has 0 atom stereocenters. The van der Waals surface area contributed by atoms with E-state index in [1.165, 1.54) is 40.8 Å². The minimum atomic E-state index is 1.22. The molecule has 0 spiro atoms. The van der Waals surface area contributed by atoms with Crippen molar-refractivity contribution in [3.63, 3.8) is 0 Å². The topological polar surface area (TPSA) is 14.1 Å². The Balaban J connectivity index is 2.27. The van der Waals surface area contributed by atoms with Crippen LogP contribution in [0.5, 0.6) is 0 Å². The molecular formula is C12H12NS+. The molecule has 0 radical (unpaired) electrons. The summed E-state index contributed by atoms with van der Waals surface area (Å²) < 4.78 is 3.25. The average Bonchev–Trinajstić information content (AvgIpc) is 2.61. The molecule has 1 aromatic carbocycles. The third-order valence-electron chi connectivity index (χ3n) is 2.84. The van der Waals surface area contributed by atoms with Gasteiger partial charge in [0.05, 0.1) is 10.4 Å². The first kappa shape index (κ1) is 8.18. The van der Waals surface area contributed by atoms with Crippen LogP contribution in [0.15, 0.2) is 30.5 Å². The number of H-pyrrole nitrogens is 1. The van der Waals surface area contributed by atoms with Crippen LogP contribution in [0, 0.1) is 0 Å². The number of rotatable bonds is 0. The van der Waals surface area contributed by atoms with Gasteiger partial charge in [-0.2, -0.15) is 4.37 Å². The maximum absolute atomic E-state index is 3.25. The van der Waals surface area contributed by atoms with Crippen molar-refractivity contribution in [2.75, 3.05) is 0 Å². The van der Waals surface area contributed by atoms with Gasteiger partial charge < -0.3 is 0 Å². The maximum atomic E-state index is 3.25. The van der Waals surface area contributed by atoms with E-state index in [4.69, 9.17) is 0 Å². The Bertz CT molecular complexity index is 459. The van der Waals surface area contributed by atoms with Gasteiger partial charge in [-0.15, -0.1) is 0 Å². The van der Waals surface area contributed by atoms with Crippen LogP contribution < -0.4 is 4.37 Å². The van der Waals surface area contributed by atoms with Crippen LogP contribution >= 0.6 is 11.5 Å². The van der Waals surface area contributed by atoms with Crippen molar-refractivity contribution in [2.45, 2.75) is 19.3 Å². The highest BCUT2D eigenvalue weighted by atomic mass is 32.1. The molecule has 0 unspecified atom stereocenters. The van der Waals surface area contributed by atoms with Gasteiger partial charge in [-0.25, -0.2) is 0 Å². The van der Waals surface area contributed by atoms with Crippen LogP contribution in [0.1, 0.15) is 16.9 Å². The Hall–Kier alpha value is -1.15. The molecule has 2 aromatic rings. The van der Waals surface area contributed by atoms with Crippen LogP contribution in [0.25, 0.3) is 11.1 Å². The summed E-state index contributed by atoms with van der Waals surface area (Å²) in [5.41, 5.74) is 4.35. The summed E-state index contributed by atoms with van der Waals surface area (Å²) in [5, 5.41) is 0. The van der Waals surface area contributed by atoms with Crippen LogP contribution in [0.2, 0.25) is 0 Å². The molecule has 0 saturated heterocycles. The van der Waals surface area contributed by atoms with E-state index >= 15 is 0 Å². The zero-order valence-electron chi connectivity index (χ0n) is 7.92. The summed E-state index contributed by atoms with van der Waals surface area (Å²) in [6, 6.07) is 8.76. The highest BCUT2D eigenvalue weighted by Gasteiger charge is 2.18. The van der Waals surface area contributed by atoms with E-state index in [9.17, 15) is 0 Å². The summed E-state index contributed by atoms with van der Waals surface area (Å²) in [7, 11) is 0. The summed E-state index contributed by atoms with van der Waals surface area (Å²) in [6.07, 6.45) is 5.86. The predicted octanol–water partition coefficient (Wildman–Crippen LogP) is 2.72. The largest absolute Gasteiger partial charge is 0.189 e. The molecule has 0 saturated carbocycles. The minimum absolute atomic E-state index is 1.22. The number of nitrogens with one attached hydrogen (secondary N) is 1. The summed E-state index contributed by atoms with van der Waals surface area (Å²) in [5.74, 6) is 0. The second-order valence-corrected chi connectivity index (χ2v) is 4.64. The Morgan fingerprint density at radius 1 is 1.07 bits per heavy atom. The van der Waals surface area contributed by atoms with Crippen LogP contribution in [-0.2, 0) is 12.8 Å². The Labute approximate surface area is 87.6 Å². The van der Waals surface area contributed by atoms with Crippen LogP contribution in [0.4, 0.5) is 0 Å². The SMILES string of the molecule is c1ccc2c(c1)CCCc1s[nH+]cc1-2. The van der Waals surface area contributed by atoms with E-state index in [2.05, 4.69) is 34.8 Å². The number of aromatic amines is 1. The van der Waals surface area contributed by atoms with Gasteiger partial charge in [-0.1, -0.05) is 24.3 Å². The number of aromatic nitrogens is 1. The van der Waals surface area contributed by atoms with Crippen molar-refractivity contribution in [1.82, 2.24) is 0 Å². The number of aryl methyl sites for hydroxylation is 2. The molecule has 1 heterocycles. The highest BCUT2D eigenvalue weighted by molar-refractivity contribution is 7.01. The van der Waals surface area contributed by atoms with Crippen molar-refractivity contribution < 1.29 is 4.37 Å². The fourth-order valence-corrected chi connectivity index (χ4v) is 2.99. The first-order valence-electron chi connectivity index (χ1n) is 5.02. The van der Waals surface area contributed by atoms with E-state index in [1.54, 1.807) is 11.5 Å². The highest BCUT2D eigenvalue weighted by Crippen LogP contribution is 2.32. The van der Waals surface area contributed by atoms with Gasteiger partial charge in [0, 0.05) is 0 Å². The fraction of sp³-hybridized carbons (Fsp3) is 0.250. The van der Waals surface area contributed by atoms with Crippen LogP contribution in [-0.4, -0.2) is 0 Å². The van der Waals surface area contributed by atoms with Crippen molar-refractivity contribution in [2.24, 2.45) is 0 Å². The monoisotopic (exact) mass is 202 g/mol. The fourth-order valence-electron chi connectivity index (χ4n) is 2.15. The van der Waals surface area contributed by atoms with Gasteiger partial charge >= 0.3 is 0 Å². The van der Waals surface area contributed by atoms with E-state index in [1.807, 2.05) is 0 Å². The molecule has 2 heteroatoms. The smallest absolute Gasteiger partial charge is 0.154 e. The lowest BCUT2D eigenvalue weighted by atomic mass is 10.0. The molecule has 3 rings (SSSR count). The van der Waals surface area contributed by atoms with Gasteiger partial charge in [0.1, 0.15) is 11.5 Å². The number of hydrogen-bond acceptors (Lipinski definition) is 1. The molecule has 1 aliphatic rings. The van der Waals surface area contributed by atoms with E-state index in [0.717, 1.165) is 0 Å². The molecule has 1 aromatic heterocycles. The molecular weight excluding hydrogens is 190 g/mol. The maximum Gasteiger partial charge on any atom is 0.189 e. The first-order chi connectivity index (χ1) is 6.95. The quantitative estimate of drug-likeness (QED) is 0.623. The van der Waals surface area contributed by atoms with E-state index < -0.39 is 0 Å². The van der Waals surface area contributed by atoms with Gasteiger partial charge in [-0.05, 0) is 30.4 Å². The first-order valence-corrected chi connectivity index (χ1v) is 5.84. The Morgan fingerprint density at radius 2 is 2.00 bits per heavy atom. The molecule has 0 bridgehead atoms. The van der Waals surface area contributed by atoms with Gasteiger partial charge in [0.15, 0.2) is 6.20 Å². The minimum Gasteiger partial charge on any atom is -0.154 e. The number of hydrogen-bond donors (Lipinski definition) is 0. The van der Waals surface area contributed by atoms with Crippen molar-refractivity contribution in [3.05, 3.63) is 40.9 Å². The molecule has 14 heavy (non-hydrogen) atoms. The van der Waals surface area contributed by atoms with E-state index in [0.29, 0.717) is 0 Å². The standard InChI is InChI=1S/C12H11NS/c1-2-6-10-9(4-1)5-3-7-12-11(10)8-13-14-12/h1-2,4,6,8H,3,5,7H2/p+1. The van der Waals surface area contributed by atoms with Gasteiger partial charge in [-0.3, -0.25) is 0 Å². The summed E-state index contributed by atoms with van der Waals surface area (Å²) >= 11 is 1.78. The van der Waals surface area contributed by atoms with Gasteiger partial charge in [0.2, 0.25) is 0 Å². The predicted molar refractivity (Wildman–Crippen MR) is 58.3 cm³/mol. The lowest BCUT2D eigenvalue weighted by molar-refractivity contribution is -0.289. The zero-order chi connectivity index (χ0) is 9.38. The zero-order valence-corrected chi connectivity index (χ0v) is 8.73. The second-order valence-electron chi connectivity index (χ2n) is 3.71. The molecule has 0 aliphatic heterocycles.